The molecule has 0 aliphatic carbocycles. The van der Waals surface area contributed by atoms with Crippen molar-refractivity contribution in [2.45, 2.75) is 38.7 Å². The second kappa shape index (κ2) is 6.91. The molecule has 0 bridgehead atoms. The third kappa shape index (κ3) is 3.70. The van der Waals surface area contributed by atoms with E-state index in [0.717, 1.165) is 51.1 Å². The Labute approximate surface area is 117 Å². The van der Waals surface area contributed by atoms with Crippen LogP contribution in [0.5, 0.6) is 0 Å². The molecule has 0 radical (unpaired) electrons. The Kier molecular flexibility index (Phi) is 5.22. The van der Waals surface area contributed by atoms with Gasteiger partial charge in [0.15, 0.2) is 0 Å². The highest BCUT2D eigenvalue weighted by Crippen LogP contribution is 2.24. The fourth-order valence-corrected chi connectivity index (χ4v) is 2.56. The number of hydrogen-bond donors (Lipinski definition) is 1. The molecule has 0 unspecified atom stereocenters. The Hall–Kier alpha value is -1.07. The van der Waals surface area contributed by atoms with Crippen molar-refractivity contribution in [2.75, 3.05) is 24.6 Å². The Morgan fingerprint density at radius 2 is 2.37 bits per heavy atom. The zero-order chi connectivity index (χ0) is 13.7. The van der Waals surface area contributed by atoms with E-state index in [0.29, 0.717) is 6.10 Å². The van der Waals surface area contributed by atoms with E-state index in [4.69, 9.17) is 16.3 Å². The second-order valence-electron chi connectivity index (χ2n) is 4.81. The molecular weight excluding hydrogens is 266 g/mol. The monoisotopic (exact) mass is 285 g/mol. The summed E-state index contributed by atoms with van der Waals surface area (Å²) >= 11 is 6.04. The van der Waals surface area contributed by atoms with Gasteiger partial charge in [0, 0.05) is 19.7 Å². The normalized spacial score (nSPS) is 20.3. The SMILES string of the molecule is CCCO[C@@H]1CCCN(c2cn[nH]c(=O)c2Cl)CC1. The largest absolute Gasteiger partial charge is 0.378 e. The quantitative estimate of drug-likeness (QED) is 0.921. The third-order valence-electron chi connectivity index (χ3n) is 3.35. The maximum Gasteiger partial charge on any atom is 0.285 e. The van der Waals surface area contributed by atoms with Crippen LogP contribution in [0.3, 0.4) is 0 Å². The van der Waals surface area contributed by atoms with E-state index in [1.54, 1.807) is 6.20 Å². The number of rotatable bonds is 4. The average molecular weight is 286 g/mol. The van der Waals surface area contributed by atoms with Gasteiger partial charge in [0.2, 0.25) is 0 Å². The molecule has 0 saturated carbocycles. The number of nitrogens with one attached hydrogen (secondary N) is 1. The van der Waals surface area contributed by atoms with Gasteiger partial charge in [-0.3, -0.25) is 4.79 Å². The fraction of sp³-hybridized carbons (Fsp3) is 0.692. The van der Waals surface area contributed by atoms with Gasteiger partial charge in [0.05, 0.1) is 18.0 Å². The zero-order valence-electron chi connectivity index (χ0n) is 11.2. The van der Waals surface area contributed by atoms with Crippen molar-refractivity contribution in [1.82, 2.24) is 10.2 Å². The molecule has 6 heteroatoms. The molecule has 0 amide bonds. The van der Waals surface area contributed by atoms with E-state index in [1.807, 2.05) is 0 Å². The highest BCUT2D eigenvalue weighted by atomic mass is 35.5. The van der Waals surface area contributed by atoms with Gasteiger partial charge in [-0.05, 0) is 25.7 Å². The van der Waals surface area contributed by atoms with Crippen LogP contribution in [0.25, 0.3) is 0 Å². The van der Waals surface area contributed by atoms with Crippen molar-refractivity contribution in [3.05, 3.63) is 21.6 Å². The first kappa shape index (κ1) is 14.3. The predicted molar refractivity (Wildman–Crippen MR) is 76.0 cm³/mol. The Bertz CT molecular complexity index is 463. The summed E-state index contributed by atoms with van der Waals surface area (Å²) in [6.45, 7) is 4.67. The van der Waals surface area contributed by atoms with Crippen LogP contribution in [0.1, 0.15) is 32.6 Å². The first-order valence-electron chi connectivity index (χ1n) is 6.82. The van der Waals surface area contributed by atoms with Crippen LogP contribution >= 0.6 is 11.6 Å². The Morgan fingerprint density at radius 1 is 1.53 bits per heavy atom. The molecule has 5 nitrogen and oxygen atoms in total. The van der Waals surface area contributed by atoms with Crippen molar-refractivity contribution in [1.29, 1.82) is 0 Å². The van der Waals surface area contributed by atoms with Crippen molar-refractivity contribution in [2.24, 2.45) is 0 Å². The molecule has 1 aliphatic heterocycles. The van der Waals surface area contributed by atoms with E-state index >= 15 is 0 Å². The van der Waals surface area contributed by atoms with E-state index < -0.39 is 0 Å². The maximum absolute atomic E-state index is 11.5. The number of H-pyrrole nitrogens is 1. The predicted octanol–water partition coefficient (Wildman–Crippen LogP) is 2.21. The molecule has 19 heavy (non-hydrogen) atoms. The van der Waals surface area contributed by atoms with Crippen LogP contribution in [0.15, 0.2) is 11.0 Å². The lowest BCUT2D eigenvalue weighted by molar-refractivity contribution is 0.0461. The third-order valence-corrected chi connectivity index (χ3v) is 3.72. The van der Waals surface area contributed by atoms with Gasteiger partial charge in [-0.1, -0.05) is 18.5 Å². The summed E-state index contributed by atoms with van der Waals surface area (Å²) in [6, 6.07) is 0. The minimum Gasteiger partial charge on any atom is -0.378 e. The summed E-state index contributed by atoms with van der Waals surface area (Å²) < 4.78 is 5.81. The van der Waals surface area contributed by atoms with Crippen molar-refractivity contribution in [3.63, 3.8) is 0 Å². The molecule has 0 aromatic carbocycles. The van der Waals surface area contributed by atoms with Crippen LogP contribution in [0.2, 0.25) is 5.02 Å². The standard InChI is InChI=1S/C13H20ClN3O2/c1-2-8-19-10-4-3-6-17(7-5-10)11-9-15-16-13(18)12(11)14/h9-10H,2-8H2,1H3,(H,16,18)/t10-/m1/s1. The number of halogens is 1. The number of ether oxygens (including phenoxy) is 1. The summed E-state index contributed by atoms with van der Waals surface area (Å²) in [5, 5.41) is 6.39. The lowest BCUT2D eigenvalue weighted by atomic mass is 10.2. The lowest BCUT2D eigenvalue weighted by Crippen LogP contribution is -2.27. The molecule has 1 aliphatic rings. The van der Waals surface area contributed by atoms with Gasteiger partial charge in [-0.2, -0.15) is 5.10 Å². The highest BCUT2D eigenvalue weighted by molar-refractivity contribution is 6.32. The molecule has 1 saturated heterocycles. The first-order chi connectivity index (χ1) is 9.22. The van der Waals surface area contributed by atoms with Gasteiger partial charge in [-0.15, -0.1) is 0 Å². The van der Waals surface area contributed by atoms with Crippen LogP contribution in [0.4, 0.5) is 5.69 Å². The molecule has 1 aromatic rings. The Balaban J connectivity index is 2.02. The van der Waals surface area contributed by atoms with Crippen LogP contribution in [-0.4, -0.2) is 36.0 Å². The smallest absolute Gasteiger partial charge is 0.285 e. The van der Waals surface area contributed by atoms with Gasteiger partial charge < -0.3 is 9.64 Å². The van der Waals surface area contributed by atoms with Gasteiger partial charge in [0.1, 0.15) is 5.02 Å². The molecule has 2 heterocycles. The minimum absolute atomic E-state index is 0.225. The van der Waals surface area contributed by atoms with Crippen molar-refractivity contribution < 1.29 is 4.74 Å². The molecule has 106 valence electrons. The molecule has 1 fully saturated rings. The number of nitrogens with zero attached hydrogens (tertiary/aromatic N) is 2. The summed E-state index contributed by atoms with van der Waals surface area (Å²) in [7, 11) is 0. The fourth-order valence-electron chi connectivity index (χ4n) is 2.35. The number of aromatic amines is 1. The van der Waals surface area contributed by atoms with E-state index in [-0.39, 0.29) is 10.6 Å². The second-order valence-corrected chi connectivity index (χ2v) is 5.19. The summed E-state index contributed by atoms with van der Waals surface area (Å²) in [6.07, 6.45) is 6.05. The maximum atomic E-state index is 11.5. The lowest BCUT2D eigenvalue weighted by Gasteiger charge is -2.22. The Morgan fingerprint density at radius 3 is 3.16 bits per heavy atom. The minimum atomic E-state index is -0.331. The molecule has 1 N–H and O–H groups in total. The van der Waals surface area contributed by atoms with Crippen molar-refractivity contribution >= 4 is 17.3 Å². The topological polar surface area (TPSA) is 58.2 Å². The van der Waals surface area contributed by atoms with Crippen molar-refractivity contribution in [3.8, 4) is 0 Å². The van der Waals surface area contributed by atoms with Crippen LogP contribution < -0.4 is 10.5 Å². The van der Waals surface area contributed by atoms with Gasteiger partial charge in [-0.25, -0.2) is 5.10 Å². The van der Waals surface area contributed by atoms with E-state index in [1.165, 1.54) is 0 Å². The number of hydrogen-bond acceptors (Lipinski definition) is 4. The summed E-state index contributed by atoms with van der Waals surface area (Å²) in [5.41, 5.74) is 0.392. The molecule has 0 spiro atoms. The van der Waals surface area contributed by atoms with Gasteiger partial charge >= 0.3 is 0 Å². The molecular formula is C13H20ClN3O2. The number of aromatic nitrogens is 2. The summed E-state index contributed by atoms with van der Waals surface area (Å²) in [4.78, 5) is 13.6. The zero-order valence-corrected chi connectivity index (χ0v) is 11.9. The van der Waals surface area contributed by atoms with Crippen LogP contribution in [-0.2, 0) is 4.74 Å². The molecule has 1 atom stereocenters. The highest BCUT2D eigenvalue weighted by Gasteiger charge is 2.20. The van der Waals surface area contributed by atoms with E-state index in [9.17, 15) is 4.79 Å². The molecule has 1 aromatic heterocycles. The van der Waals surface area contributed by atoms with Gasteiger partial charge in [0.25, 0.3) is 5.56 Å². The first-order valence-corrected chi connectivity index (χ1v) is 7.20. The average Bonchev–Trinajstić information content (AvgIpc) is 2.65. The summed E-state index contributed by atoms with van der Waals surface area (Å²) in [5.74, 6) is 0. The number of anilines is 1. The molecule has 2 rings (SSSR count). The van der Waals surface area contributed by atoms with E-state index in [2.05, 4.69) is 22.0 Å². The van der Waals surface area contributed by atoms with Crippen LogP contribution in [0, 0.1) is 0 Å².